The zero-order valence-electron chi connectivity index (χ0n) is 19.1. The van der Waals surface area contributed by atoms with Crippen LogP contribution in [0.5, 0.6) is 5.75 Å². The number of alkyl halides is 3. The lowest BCUT2D eigenvalue weighted by molar-refractivity contribution is -0.140. The van der Waals surface area contributed by atoms with Gasteiger partial charge in [-0.25, -0.2) is 0 Å². The molecule has 0 saturated carbocycles. The first-order valence-corrected chi connectivity index (χ1v) is 11.5. The van der Waals surface area contributed by atoms with Crippen molar-refractivity contribution in [2.45, 2.75) is 45.7 Å². The van der Waals surface area contributed by atoms with E-state index in [0.29, 0.717) is 19.4 Å². The van der Waals surface area contributed by atoms with Gasteiger partial charge in [0.15, 0.2) is 0 Å². The second-order valence-electron chi connectivity index (χ2n) is 8.11. The fourth-order valence-corrected chi connectivity index (χ4v) is 4.84. The van der Waals surface area contributed by atoms with Gasteiger partial charge in [-0.15, -0.1) is 11.3 Å². The predicted octanol–water partition coefficient (Wildman–Crippen LogP) is 7.34. The summed E-state index contributed by atoms with van der Waals surface area (Å²) in [6.07, 6.45) is -3.37. The topological polar surface area (TPSA) is 35.5 Å². The molecule has 0 aliphatic carbocycles. The van der Waals surface area contributed by atoms with E-state index in [9.17, 15) is 18.0 Å². The van der Waals surface area contributed by atoms with Crippen LogP contribution in [-0.2, 0) is 22.1 Å². The van der Waals surface area contributed by atoms with Gasteiger partial charge < -0.3 is 9.47 Å². The standard InChI is InChI=1S/C26H27F3O3S/c1-16-13-22(11-7-19(16)8-12-24(30)31-4)32-15-18(3)25-17(2)14-23(33-25)20-5-9-21(10-6-20)26(27,28)29/h5-7,9-11,13-14,18H,8,12,15H2,1-4H3. The Morgan fingerprint density at radius 3 is 2.33 bits per heavy atom. The zero-order chi connectivity index (χ0) is 24.2. The number of aryl methyl sites for hydroxylation is 3. The molecule has 3 nitrogen and oxygen atoms in total. The SMILES string of the molecule is COC(=O)CCc1ccc(OCC(C)c2sc(-c3ccc(C(F)(F)F)cc3)cc2C)cc1C. The van der Waals surface area contributed by atoms with Crippen molar-refractivity contribution in [2.24, 2.45) is 0 Å². The number of rotatable bonds is 8. The smallest absolute Gasteiger partial charge is 0.416 e. The molecule has 0 bridgehead atoms. The van der Waals surface area contributed by atoms with Crippen LogP contribution in [0.2, 0.25) is 0 Å². The number of ether oxygens (including phenoxy) is 2. The molecule has 33 heavy (non-hydrogen) atoms. The van der Waals surface area contributed by atoms with Crippen LogP contribution >= 0.6 is 11.3 Å². The first-order valence-electron chi connectivity index (χ1n) is 10.7. The number of esters is 1. The molecule has 3 rings (SSSR count). The maximum atomic E-state index is 12.8. The lowest BCUT2D eigenvalue weighted by Crippen LogP contribution is -2.07. The van der Waals surface area contributed by atoms with Crippen molar-refractivity contribution >= 4 is 17.3 Å². The van der Waals surface area contributed by atoms with E-state index < -0.39 is 11.7 Å². The zero-order valence-corrected chi connectivity index (χ0v) is 19.9. The van der Waals surface area contributed by atoms with Gasteiger partial charge in [-0.05, 0) is 72.9 Å². The van der Waals surface area contributed by atoms with Gasteiger partial charge in [0.25, 0.3) is 0 Å². The van der Waals surface area contributed by atoms with Gasteiger partial charge in [0.2, 0.25) is 0 Å². The molecule has 3 aromatic rings. The number of halogens is 3. The molecular weight excluding hydrogens is 449 g/mol. The Bertz CT molecular complexity index is 1100. The van der Waals surface area contributed by atoms with Crippen molar-refractivity contribution < 1.29 is 27.4 Å². The summed E-state index contributed by atoms with van der Waals surface area (Å²) >= 11 is 1.58. The first kappa shape index (κ1) is 24.8. The van der Waals surface area contributed by atoms with Gasteiger partial charge in [0.1, 0.15) is 5.75 Å². The average Bonchev–Trinajstić information content (AvgIpc) is 3.17. The summed E-state index contributed by atoms with van der Waals surface area (Å²) in [5, 5.41) is 0. The highest BCUT2D eigenvalue weighted by Gasteiger charge is 2.30. The van der Waals surface area contributed by atoms with Crippen LogP contribution in [0.3, 0.4) is 0 Å². The number of benzene rings is 2. The highest BCUT2D eigenvalue weighted by atomic mass is 32.1. The summed E-state index contributed by atoms with van der Waals surface area (Å²) in [7, 11) is 1.38. The molecule has 0 N–H and O–H groups in total. The number of hydrogen-bond donors (Lipinski definition) is 0. The number of carbonyl (C=O) groups excluding carboxylic acids is 1. The molecule has 1 heterocycles. The van der Waals surface area contributed by atoms with Gasteiger partial charge in [-0.2, -0.15) is 13.2 Å². The third-order valence-corrected chi connectivity index (χ3v) is 7.06. The summed E-state index contributed by atoms with van der Waals surface area (Å²) in [5.41, 5.74) is 3.36. The van der Waals surface area contributed by atoms with Crippen molar-refractivity contribution in [3.63, 3.8) is 0 Å². The van der Waals surface area contributed by atoms with Gasteiger partial charge in [-0.3, -0.25) is 4.79 Å². The Labute approximate surface area is 196 Å². The molecule has 0 saturated heterocycles. The summed E-state index contributed by atoms with van der Waals surface area (Å²) in [6, 6.07) is 13.1. The number of thiophene rings is 1. The van der Waals surface area contributed by atoms with Crippen molar-refractivity contribution in [1.82, 2.24) is 0 Å². The summed E-state index contributed by atoms with van der Waals surface area (Å²) in [4.78, 5) is 13.4. The minimum Gasteiger partial charge on any atom is -0.493 e. The van der Waals surface area contributed by atoms with Gasteiger partial charge in [0.05, 0.1) is 19.3 Å². The van der Waals surface area contributed by atoms with Crippen LogP contribution in [0.4, 0.5) is 13.2 Å². The highest BCUT2D eigenvalue weighted by Crippen LogP contribution is 2.37. The number of carbonyl (C=O) groups is 1. The molecule has 0 spiro atoms. The average molecular weight is 477 g/mol. The van der Waals surface area contributed by atoms with E-state index in [-0.39, 0.29) is 11.9 Å². The first-order chi connectivity index (χ1) is 15.6. The van der Waals surface area contributed by atoms with E-state index in [1.807, 2.05) is 38.1 Å². The van der Waals surface area contributed by atoms with E-state index in [1.165, 1.54) is 19.2 Å². The number of methoxy groups -OCH3 is 1. The van der Waals surface area contributed by atoms with Crippen molar-refractivity contribution in [1.29, 1.82) is 0 Å². The Morgan fingerprint density at radius 1 is 1.03 bits per heavy atom. The predicted molar refractivity (Wildman–Crippen MR) is 125 cm³/mol. The fraction of sp³-hybridized carbons (Fsp3) is 0.346. The molecule has 176 valence electrons. The van der Waals surface area contributed by atoms with E-state index >= 15 is 0 Å². The minimum atomic E-state index is -4.33. The molecule has 1 unspecified atom stereocenters. The molecule has 0 radical (unpaired) electrons. The van der Waals surface area contributed by atoms with Crippen molar-refractivity contribution in [3.8, 4) is 16.2 Å². The lowest BCUT2D eigenvalue weighted by atomic mass is 10.0. The van der Waals surface area contributed by atoms with Crippen LogP contribution in [0.15, 0.2) is 48.5 Å². The van der Waals surface area contributed by atoms with Crippen molar-refractivity contribution in [2.75, 3.05) is 13.7 Å². The molecule has 0 aliphatic heterocycles. The third kappa shape index (κ3) is 6.38. The van der Waals surface area contributed by atoms with Gasteiger partial charge in [-0.1, -0.05) is 25.1 Å². The molecule has 0 amide bonds. The van der Waals surface area contributed by atoms with Crippen LogP contribution in [-0.4, -0.2) is 19.7 Å². The molecule has 1 atom stereocenters. The molecule has 1 aromatic heterocycles. The van der Waals surface area contributed by atoms with Gasteiger partial charge in [0, 0.05) is 22.1 Å². The van der Waals surface area contributed by atoms with Gasteiger partial charge >= 0.3 is 12.1 Å². The van der Waals surface area contributed by atoms with Crippen LogP contribution < -0.4 is 4.74 Å². The lowest BCUT2D eigenvalue weighted by Gasteiger charge is -2.14. The molecule has 0 fully saturated rings. The quantitative estimate of drug-likeness (QED) is 0.319. The largest absolute Gasteiger partial charge is 0.493 e. The second kappa shape index (κ2) is 10.4. The van der Waals surface area contributed by atoms with E-state index in [0.717, 1.165) is 49.9 Å². The van der Waals surface area contributed by atoms with E-state index in [1.54, 1.807) is 11.3 Å². The molecule has 0 aliphatic rings. The summed E-state index contributed by atoms with van der Waals surface area (Å²) in [5.74, 6) is 0.654. The normalized spacial score (nSPS) is 12.5. The Morgan fingerprint density at radius 2 is 1.73 bits per heavy atom. The second-order valence-corrected chi connectivity index (χ2v) is 9.19. The maximum Gasteiger partial charge on any atom is 0.416 e. The molecular formula is C26H27F3O3S. The highest BCUT2D eigenvalue weighted by molar-refractivity contribution is 7.15. The minimum absolute atomic E-state index is 0.123. The van der Waals surface area contributed by atoms with Crippen LogP contribution in [0.1, 0.15) is 46.4 Å². The maximum absolute atomic E-state index is 12.8. The van der Waals surface area contributed by atoms with Crippen LogP contribution in [0.25, 0.3) is 10.4 Å². The molecule has 7 heteroatoms. The summed E-state index contributed by atoms with van der Waals surface area (Å²) < 4.78 is 49.2. The van der Waals surface area contributed by atoms with E-state index in [4.69, 9.17) is 9.47 Å². The Kier molecular flexibility index (Phi) is 7.84. The Balaban J connectivity index is 1.64. The fourth-order valence-electron chi connectivity index (χ4n) is 3.63. The number of hydrogen-bond acceptors (Lipinski definition) is 4. The van der Waals surface area contributed by atoms with E-state index in [2.05, 4.69) is 6.92 Å². The monoisotopic (exact) mass is 476 g/mol. The van der Waals surface area contributed by atoms with Crippen LogP contribution in [0, 0.1) is 13.8 Å². The molecule has 2 aromatic carbocycles. The third-order valence-electron chi connectivity index (χ3n) is 5.54. The Hall–Kier alpha value is -2.80. The van der Waals surface area contributed by atoms with Crippen molar-refractivity contribution in [3.05, 3.63) is 75.7 Å². The summed E-state index contributed by atoms with van der Waals surface area (Å²) in [6.45, 7) is 6.56.